The van der Waals surface area contributed by atoms with Gasteiger partial charge in [0.15, 0.2) is 0 Å². The molecule has 4 nitrogen and oxygen atoms in total. The summed E-state index contributed by atoms with van der Waals surface area (Å²) in [4.78, 5) is 16.2. The van der Waals surface area contributed by atoms with Gasteiger partial charge in [0.1, 0.15) is 15.5 Å². The molecule has 1 N–H and O–H groups in total. The van der Waals surface area contributed by atoms with E-state index in [9.17, 15) is 9.90 Å². The van der Waals surface area contributed by atoms with E-state index in [0.717, 1.165) is 30.7 Å². The number of aryl methyl sites for hydroxylation is 1. The summed E-state index contributed by atoms with van der Waals surface area (Å²) in [5.74, 6) is -0.875. The van der Waals surface area contributed by atoms with Crippen LogP contribution >= 0.6 is 11.3 Å². The third-order valence-corrected chi connectivity index (χ3v) is 5.19. The lowest BCUT2D eigenvalue weighted by molar-refractivity contribution is -0.0280. The quantitative estimate of drug-likeness (QED) is 0.858. The van der Waals surface area contributed by atoms with Gasteiger partial charge in [-0.25, -0.2) is 9.78 Å². The van der Waals surface area contributed by atoms with Gasteiger partial charge in [-0.15, -0.1) is 11.3 Å². The Labute approximate surface area is 117 Å². The smallest absolute Gasteiger partial charge is 0.347 e. The van der Waals surface area contributed by atoms with Crippen LogP contribution in [-0.4, -0.2) is 23.2 Å². The molecule has 0 radical (unpaired) electrons. The molecule has 0 aliphatic heterocycles. The zero-order chi connectivity index (χ0) is 13.9. The predicted molar refractivity (Wildman–Crippen MR) is 74.8 cm³/mol. The normalized spacial score (nSPS) is 19.1. The Morgan fingerprint density at radius 3 is 2.42 bits per heavy atom. The summed E-state index contributed by atoms with van der Waals surface area (Å²) in [5.41, 5.74) is 0.326. The molecule has 1 fully saturated rings. The number of hydrogen-bond acceptors (Lipinski definition) is 4. The molecule has 0 saturated heterocycles. The van der Waals surface area contributed by atoms with E-state index < -0.39 is 5.97 Å². The molecule has 1 aliphatic rings. The van der Waals surface area contributed by atoms with Gasteiger partial charge in [0, 0.05) is 7.11 Å². The number of carbonyl (C=O) groups is 1. The van der Waals surface area contributed by atoms with Crippen LogP contribution in [0.15, 0.2) is 0 Å². The van der Waals surface area contributed by atoms with Gasteiger partial charge in [-0.1, -0.05) is 32.6 Å². The number of rotatable bonds is 4. The molecule has 2 rings (SSSR count). The van der Waals surface area contributed by atoms with E-state index in [1.165, 1.54) is 24.2 Å². The highest BCUT2D eigenvalue weighted by Crippen LogP contribution is 2.41. The van der Waals surface area contributed by atoms with Gasteiger partial charge < -0.3 is 9.84 Å². The van der Waals surface area contributed by atoms with Gasteiger partial charge in [0.2, 0.25) is 0 Å². The standard InChI is InChI=1S/C14H21NO3S/c1-3-10-11(12(16)17)19-13(15-10)14(18-2)8-6-4-5-7-9-14/h3-9H2,1-2H3,(H,16,17). The maximum Gasteiger partial charge on any atom is 0.347 e. The fourth-order valence-electron chi connectivity index (χ4n) is 2.76. The number of hydrogen-bond donors (Lipinski definition) is 1. The molecule has 0 spiro atoms. The van der Waals surface area contributed by atoms with E-state index >= 15 is 0 Å². The molecule has 0 bridgehead atoms. The van der Waals surface area contributed by atoms with Crippen LogP contribution < -0.4 is 0 Å². The lowest BCUT2D eigenvalue weighted by Gasteiger charge is -2.29. The Morgan fingerprint density at radius 2 is 2.00 bits per heavy atom. The number of thiazole rings is 1. The Hall–Kier alpha value is -0.940. The molecule has 1 saturated carbocycles. The summed E-state index contributed by atoms with van der Waals surface area (Å²) in [6.07, 6.45) is 7.23. The number of methoxy groups -OCH3 is 1. The van der Waals surface area contributed by atoms with E-state index in [4.69, 9.17) is 4.74 Å². The van der Waals surface area contributed by atoms with Gasteiger partial charge in [-0.05, 0) is 19.3 Å². The lowest BCUT2D eigenvalue weighted by Crippen LogP contribution is -2.27. The van der Waals surface area contributed by atoms with E-state index in [2.05, 4.69) is 4.98 Å². The van der Waals surface area contributed by atoms with Crippen LogP contribution in [0.2, 0.25) is 0 Å². The fourth-order valence-corrected chi connectivity index (χ4v) is 3.98. The van der Waals surface area contributed by atoms with Crippen LogP contribution in [0.1, 0.15) is 65.8 Å². The first-order valence-corrected chi connectivity index (χ1v) is 7.73. The average molecular weight is 283 g/mol. The Kier molecular flexibility index (Phi) is 4.58. The van der Waals surface area contributed by atoms with Gasteiger partial charge in [-0.3, -0.25) is 0 Å². The monoisotopic (exact) mass is 283 g/mol. The predicted octanol–water partition coefficient (Wildman–Crippen LogP) is 3.60. The first kappa shape index (κ1) is 14.5. The van der Waals surface area contributed by atoms with Crippen molar-refractivity contribution in [2.24, 2.45) is 0 Å². The SMILES string of the molecule is CCc1nc(C2(OC)CCCCCC2)sc1C(=O)O. The lowest BCUT2D eigenvalue weighted by atomic mass is 9.95. The summed E-state index contributed by atoms with van der Waals surface area (Å²) < 4.78 is 5.79. The van der Waals surface area contributed by atoms with Gasteiger partial charge in [-0.2, -0.15) is 0 Å². The van der Waals surface area contributed by atoms with Crippen molar-refractivity contribution in [2.75, 3.05) is 7.11 Å². The first-order valence-electron chi connectivity index (χ1n) is 6.91. The second-order valence-electron chi connectivity index (χ2n) is 5.07. The van der Waals surface area contributed by atoms with Crippen molar-refractivity contribution in [3.05, 3.63) is 15.6 Å². The molecular weight excluding hydrogens is 262 g/mol. The average Bonchev–Trinajstić information content (AvgIpc) is 2.71. The molecule has 0 amide bonds. The van der Waals surface area contributed by atoms with Gasteiger partial charge >= 0.3 is 5.97 Å². The maximum atomic E-state index is 11.3. The molecule has 1 aromatic heterocycles. The zero-order valence-electron chi connectivity index (χ0n) is 11.6. The molecule has 1 aliphatic carbocycles. The van der Waals surface area contributed by atoms with E-state index in [1.807, 2.05) is 6.92 Å². The van der Waals surface area contributed by atoms with Crippen LogP contribution in [0.4, 0.5) is 0 Å². The third-order valence-electron chi connectivity index (χ3n) is 3.92. The Morgan fingerprint density at radius 1 is 1.37 bits per heavy atom. The van der Waals surface area contributed by atoms with Crippen LogP contribution in [-0.2, 0) is 16.8 Å². The number of aromatic nitrogens is 1. The van der Waals surface area contributed by atoms with Crippen LogP contribution in [0.25, 0.3) is 0 Å². The molecule has 1 heterocycles. The summed E-state index contributed by atoms with van der Waals surface area (Å²) in [7, 11) is 1.72. The van der Waals surface area contributed by atoms with Crippen molar-refractivity contribution in [1.29, 1.82) is 0 Å². The topological polar surface area (TPSA) is 59.4 Å². The summed E-state index contributed by atoms with van der Waals surface area (Å²) >= 11 is 1.30. The van der Waals surface area contributed by atoms with E-state index in [1.54, 1.807) is 7.11 Å². The minimum atomic E-state index is -0.875. The number of ether oxygens (including phenoxy) is 1. The second-order valence-corrected chi connectivity index (χ2v) is 6.07. The molecule has 1 aromatic rings. The van der Waals surface area contributed by atoms with Crippen LogP contribution in [0.3, 0.4) is 0 Å². The highest BCUT2D eigenvalue weighted by Gasteiger charge is 2.37. The van der Waals surface area contributed by atoms with Crippen LogP contribution in [0, 0.1) is 0 Å². The molecule has 0 atom stereocenters. The van der Waals surface area contributed by atoms with E-state index in [-0.39, 0.29) is 5.60 Å². The summed E-state index contributed by atoms with van der Waals surface area (Å²) in [6, 6.07) is 0. The van der Waals surface area contributed by atoms with Crippen molar-refractivity contribution in [3.8, 4) is 0 Å². The molecule has 0 unspecified atom stereocenters. The number of nitrogens with zero attached hydrogens (tertiary/aromatic N) is 1. The van der Waals surface area contributed by atoms with E-state index in [0.29, 0.717) is 17.0 Å². The molecular formula is C14H21NO3S. The first-order chi connectivity index (χ1) is 9.13. The van der Waals surface area contributed by atoms with Crippen molar-refractivity contribution in [3.63, 3.8) is 0 Å². The highest BCUT2D eigenvalue weighted by atomic mass is 32.1. The second kappa shape index (κ2) is 6.01. The molecule has 5 heteroatoms. The maximum absolute atomic E-state index is 11.3. The molecule has 19 heavy (non-hydrogen) atoms. The van der Waals surface area contributed by atoms with Crippen molar-refractivity contribution in [2.45, 2.75) is 57.5 Å². The highest BCUT2D eigenvalue weighted by molar-refractivity contribution is 7.13. The summed E-state index contributed by atoms with van der Waals surface area (Å²) in [5, 5.41) is 10.1. The van der Waals surface area contributed by atoms with Gasteiger partial charge in [0.05, 0.1) is 5.69 Å². The minimum absolute atomic E-state index is 0.362. The largest absolute Gasteiger partial charge is 0.477 e. The summed E-state index contributed by atoms with van der Waals surface area (Å²) in [6.45, 7) is 1.94. The van der Waals surface area contributed by atoms with Crippen LogP contribution in [0.5, 0.6) is 0 Å². The Balaban J connectivity index is 2.39. The van der Waals surface area contributed by atoms with Gasteiger partial charge in [0.25, 0.3) is 0 Å². The van der Waals surface area contributed by atoms with Crippen molar-refractivity contribution in [1.82, 2.24) is 4.98 Å². The molecule has 106 valence electrons. The zero-order valence-corrected chi connectivity index (χ0v) is 12.4. The van der Waals surface area contributed by atoms with Crippen molar-refractivity contribution >= 4 is 17.3 Å². The third kappa shape index (κ3) is 2.82. The molecule has 0 aromatic carbocycles. The van der Waals surface area contributed by atoms with Crippen molar-refractivity contribution < 1.29 is 14.6 Å². The Bertz CT molecular complexity index is 448. The number of carboxylic acid groups (broad SMARTS) is 1. The number of carboxylic acids is 1. The fraction of sp³-hybridized carbons (Fsp3) is 0.714. The minimum Gasteiger partial charge on any atom is -0.477 e. The number of aromatic carboxylic acids is 1.